The Morgan fingerprint density at radius 1 is 1.46 bits per heavy atom. The molecule has 0 aromatic carbocycles. The first-order valence-electron chi connectivity index (χ1n) is 6.61. The normalized spacial score (nSPS) is 16.1. The van der Waals surface area contributed by atoms with Gasteiger partial charge in [-0.05, 0) is 4.92 Å². The Morgan fingerprint density at radius 2 is 2.08 bits per heavy atom. The van der Waals surface area contributed by atoms with E-state index in [0.29, 0.717) is 0 Å². The van der Waals surface area contributed by atoms with E-state index in [1.165, 1.54) is 30.7 Å². The third-order valence-corrected chi connectivity index (χ3v) is 4.77. The number of imidazole rings is 1. The number of nitrogens with zero attached hydrogens (tertiary/aromatic N) is 7. The smallest absolute Gasteiger partial charge is 0.342 e. The number of likely N-dealkylation sites (N-methyl/N-ethyl adjacent to an activating group) is 1. The number of nitrogens with one attached hydrogen (secondary N) is 1. The van der Waals surface area contributed by atoms with Crippen molar-refractivity contribution in [2.75, 3.05) is 27.7 Å². The molecule has 0 atom stereocenters. The Hall–Kier alpha value is -2.53. The SMILES string of the molecule is CN1CC(C#N)=C(c2ncc([N+](=O)[O-])n2C)N1NS(=O)(=O)N(C)C. The molecule has 0 aliphatic carbocycles. The summed E-state index contributed by atoms with van der Waals surface area (Å²) in [6, 6.07) is 1.98. The Labute approximate surface area is 138 Å². The lowest BCUT2D eigenvalue weighted by molar-refractivity contribution is -0.391. The molecule has 1 N–H and O–H groups in total. The van der Waals surface area contributed by atoms with Crippen LogP contribution in [0.25, 0.3) is 5.70 Å². The zero-order valence-corrected chi connectivity index (χ0v) is 14.3. The van der Waals surface area contributed by atoms with Crippen LogP contribution in [-0.4, -0.2) is 65.0 Å². The first-order valence-corrected chi connectivity index (χ1v) is 8.05. The number of hydrazine groups is 2. The van der Waals surface area contributed by atoms with Crippen molar-refractivity contribution < 1.29 is 13.3 Å². The van der Waals surface area contributed by atoms with E-state index >= 15 is 0 Å². The van der Waals surface area contributed by atoms with E-state index < -0.39 is 15.1 Å². The number of aromatic nitrogens is 2. The van der Waals surface area contributed by atoms with Gasteiger partial charge in [0.25, 0.3) is 10.2 Å². The van der Waals surface area contributed by atoms with Gasteiger partial charge in [-0.25, -0.2) is 19.7 Å². The standard InChI is InChI=1S/C11H16N8O4S/c1-15(2)24(22,23)14-18-10(8(5-12)7-16(18)3)11-13-6-9(17(11)4)19(20)21/h6,14H,7H2,1-4H3. The third-order valence-electron chi connectivity index (χ3n) is 3.41. The number of rotatable bonds is 5. The van der Waals surface area contributed by atoms with E-state index in [-0.39, 0.29) is 29.5 Å². The summed E-state index contributed by atoms with van der Waals surface area (Å²) in [4.78, 5) is 16.7. The van der Waals surface area contributed by atoms with Gasteiger partial charge in [0.05, 0.1) is 25.2 Å². The Bertz CT molecular complexity index is 850. The maximum absolute atomic E-state index is 12.1. The highest BCUT2D eigenvalue weighted by atomic mass is 32.2. The topological polar surface area (TPSA) is 141 Å². The van der Waals surface area contributed by atoms with Crippen LogP contribution in [0, 0.1) is 21.4 Å². The maximum atomic E-state index is 12.1. The summed E-state index contributed by atoms with van der Waals surface area (Å²) in [6.45, 7) is 0.127. The molecule has 24 heavy (non-hydrogen) atoms. The van der Waals surface area contributed by atoms with Crippen LogP contribution in [0.2, 0.25) is 0 Å². The van der Waals surface area contributed by atoms with Crippen LogP contribution >= 0.6 is 0 Å². The lowest BCUT2D eigenvalue weighted by Gasteiger charge is -2.28. The minimum absolute atomic E-state index is 0.101. The Kier molecular flexibility index (Phi) is 4.58. The van der Waals surface area contributed by atoms with E-state index in [1.54, 1.807) is 7.05 Å². The fourth-order valence-corrected chi connectivity index (χ4v) is 2.70. The van der Waals surface area contributed by atoms with Crippen LogP contribution in [0.1, 0.15) is 5.82 Å². The molecule has 0 unspecified atom stereocenters. The molecule has 12 nitrogen and oxygen atoms in total. The molecule has 0 amide bonds. The molecule has 0 radical (unpaired) electrons. The minimum atomic E-state index is -3.86. The molecular weight excluding hydrogens is 340 g/mol. The van der Waals surface area contributed by atoms with Crippen molar-refractivity contribution in [2.45, 2.75) is 0 Å². The maximum Gasteiger partial charge on any atom is 0.342 e. The second-order valence-corrected chi connectivity index (χ2v) is 7.06. The average Bonchev–Trinajstić information content (AvgIpc) is 2.99. The first kappa shape index (κ1) is 17.8. The monoisotopic (exact) mass is 356 g/mol. The molecule has 0 bridgehead atoms. The average molecular weight is 356 g/mol. The molecule has 13 heteroatoms. The highest BCUT2D eigenvalue weighted by Gasteiger charge is 2.37. The second-order valence-electron chi connectivity index (χ2n) is 5.20. The Morgan fingerprint density at radius 3 is 2.54 bits per heavy atom. The van der Waals surface area contributed by atoms with Crippen molar-refractivity contribution in [3.8, 4) is 6.07 Å². The lowest BCUT2D eigenvalue weighted by Crippen LogP contribution is -2.50. The van der Waals surface area contributed by atoms with Crippen molar-refractivity contribution in [2.24, 2.45) is 7.05 Å². The summed E-state index contributed by atoms with van der Waals surface area (Å²) in [5, 5.41) is 22.9. The van der Waals surface area contributed by atoms with E-state index in [1.807, 2.05) is 6.07 Å². The van der Waals surface area contributed by atoms with Crippen molar-refractivity contribution in [1.29, 1.82) is 5.26 Å². The van der Waals surface area contributed by atoms with Crippen molar-refractivity contribution in [1.82, 2.24) is 28.8 Å². The summed E-state index contributed by atoms with van der Waals surface area (Å²) < 4.78 is 26.4. The van der Waals surface area contributed by atoms with Crippen LogP contribution in [0.15, 0.2) is 11.8 Å². The predicted octanol–water partition coefficient (Wildman–Crippen LogP) is -0.964. The van der Waals surface area contributed by atoms with Crippen LogP contribution in [0.4, 0.5) is 5.82 Å². The summed E-state index contributed by atoms with van der Waals surface area (Å²) in [7, 11) is 1.82. The van der Waals surface area contributed by atoms with Gasteiger partial charge in [-0.3, -0.25) is 0 Å². The highest BCUT2D eigenvalue weighted by molar-refractivity contribution is 7.87. The molecule has 2 heterocycles. The molecule has 1 aliphatic rings. The third kappa shape index (κ3) is 2.95. The fraction of sp³-hybridized carbons (Fsp3) is 0.455. The van der Waals surface area contributed by atoms with Crippen LogP contribution in [0.5, 0.6) is 0 Å². The van der Waals surface area contributed by atoms with Gasteiger partial charge in [0.2, 0.25) is 5.82 Å². The summed E-state index contributed by atoms with van der Waals surface area (Å²) in [5.74, 6) is -0.177. The summed E-state index contributed by atoms with van der Waals surface area (Å²) >= 11 is 0. The highest BCUT2D eigenvalue weighted by Crippen LogP contribution is 2.30. The molecular formula is C11H16N8O4S. The minimum Gasteiger partial charge on any atom is -0.358 e. The molecule has 2 rings (SSSR count). The van der Waals surface area contributed by atoms with Crippen LogP contribution < -0.4 is 4.83 Å². The zero-order chi connectivity index (χ0) is 18.2. The molecule has 0 fully saturated rings. The number of nitro groups is 1. The quantitative estimate of drug-likeness (QED) is 0.525. The molecule has 1 aromatic heterocycles. The summed E-state index contributed by atoms with van der Waals surface area (Å²) in [6.07, 6.45) is 1.05. The van der Waals surface area contributed by atoms with Crippen molar-refractivity contribution in [3.63, 3.8) is 0 Å². The zero-order valence-electron chi connectivity index (χ0n) is 13.5. The van der Waals surface area contributed by atoms with Gasteiger partial charge in [-0.15, -0.1) is 0 Å². The molecule has 0 saturated heterocycles. The predicted molar refractivity (Wildman–Crippen MR) is 82.6 cm³/mol. The molecule has 0 spiro atoms. The molecule has 0 saturated carbocycles. The van der Waals surface area contributed by atoms with Crippen LogP contribution in [0.3, 0.4) is 0 Å². The largest absolute Gasteiger partial charge is 0.358 e. The van der Waals surface area contributed by atoms with Crippen LogP contribution in [-0.2, 0) is 17.3 Å². The van der Waals surface area contributed by atoms with Gasteiger partial charge in [0.1, 0.15) is 6.20 Å². The van der Waals surface area contributed by atoms with E-state index in [0.717, 1.165) is 15.6 Å². The van der Waals surface area contributed by atoms with E-state index in [4.69, 9.17) is 0 Å². The fourth-order valence-electron chi connectivity index (χ4n) is 2.09. The Balaban J connectivity index is 2.55. The van der Waals surface area contributed by atoms with Crippen molar-refractivity contribution in [3.05, 3.63) is 27.7 Å². The van der Waals surface area contributed by atoms with Gasteiger partial charge in [-0.2, -0.15) is 18.0 Å². The van der Waals surface area contributed by atoms with Gasteiger partial charge >= 0.3 is 5.82 Å². The number of nitriles is 1. The van der Waals surface area contributed by atoms with Crippen molar-refractivity contribution >= 4 is 21.7 Å². The lowest BCUT2D eigenvalue weighted by atomic mass is 10.2. The number of hydrogen-bond acceptors (Lipinski definition) is 8. The van der Waals surface area contributed by atoms with E-state index in [2.05, 4.69) is 9.82 Å². The molecule has 1 aromatic rings. The second kappa shape index (κ2) is 6.17. The van der Waals surface area contributed by atoms with Gasteiger partial charge in [-0.1, -0.05) is 4.83 Å². The molecule has 130 valence electrons. The number of hydrogen-bond donors (Lipinski definition) is 1. The van der Waals surface area contributed by atoms with E-state index in [9.17, 15) is 23.8 Å². The van der Waals surface area contributed by atoms with Gasteiger partial charge in [0.15, 0.2) is 5.70 Å². The van der Waals surface area contributed by atoms with Gasteiger partial charge in [0, 0.05) is 21.1 Å². The van der Waals surface area contributed by atoms with Gasteiger partial charge < -0.3 is 10.1 Å². The summed E-state index contributed by atoms with van der Waals surface area (Å²) in [5.41, 5.74) is 0.364. The first-order chi connectivity index (χ1) is 11.1. The molecule has 1 aliphatic heterocycles.